The molecule has 33 heavy (non-hydrogen) atoms. The summed E-state index contributed by atoms with van der Waals surface area (Å²) in [5.41, 5.74) is 3.45. The number of benzene rings is 1. The summed E-state index contributed by atoms with van der Waals surface area (Å²) in [4.78, 5) is 11.8. The van der Waals surface area contributed by atoms with Crippen molar-refractivity contribution in [2.24, 2.45) is 0 Å². The third kappa shape index (κ3) is 12.3. The fourth-order valence-electron chi connectivity index (χ4n) is 4.20. The van der Waals surface area contributed by atoms with E-state index in [9.17, 15) is 4.79 Å². The van der Waals surface area contributed by atoms with Gasteiger partial charge in [0.25, 0.3) is 0 Å². The second-order valence-corrected chi connectivity index (χ2v) is 12.8. The van der Waals surface area contributed by atoms with Gasteiger partial charge in [-0.05, 0) is 28.6 Å². The van der Waals surface area contributed by atoms with Crippen molar-refractivity contribution >= 4 is 17.7 Å². The molecule has 3 heteroatoms. The van der Waals surface area contributed by atoms with Gasteiger partial charge < -0.3 is 4.74 Å². The second-order valence-electron chi connectivity index (χ2n) is 11.7. The van der Waals surface area contributed by atoms with E-state index in [2.05, 4.69) is 60.6 Å². The minimum absolute atomic E-state index is 0.0819. The average molecular weight is 477 g/mol. The van der Waals surface area contributed by atoms with Gasteiger partial charge in [-0.3, -0.25) is 4.79 Å². The lowest BCUT2D eigenvalue weighted by molar-refractivity contribution is -0.132. The van der Waals surface area contributed by atoms with Crippen LogP contribution < -0.4 is 4.74 Å². The smallest absolute Gasteiger partial charge is 0.308 e. The van der Waals surface area contributed by atoms with E-state index < -0.39 is 0 Å². The predicted octanol–water partition coefficient (Wildman–Crippen LogP) is 9.75. The minimum Gasteiger partial charge on any atom is -0.426 e. The normalized spacial score (nSPS) is 12.2. The zero-order chi connectivity index (χ0) is 24.9. The Hall–Kier alpha value is -0.960. The zero-order valence-corrected chi connectivity index (χ0v) is 23.9. The van der Waals surface area contributed by atoms with Crippen molar-refractivity contribution in [2.75, 3.05) is 5.75 Å². The average Bonchev–Trinajstić information content (AvgIpc) is 2.70. The number of hydrogen-bond donors (Lipinski definition) is 0. The van der Waals surface area contributed by atoms with Crippen LogP contribution in [0.3, 0.4) is 0 Å². The quantitative estimate of drug-likeness (QED) is 0.143. The highest BCUT2D eigenvalue weighted by Crippen LogP contribution is 2.41. The monoisotopic (exact) mass is 476 g/mol. The molecule has 0 saturated carbocycles. The van der Waals surface area contributed by atoms with Crippen LogP contribution in [0.1, 0.15) is 143 Å². The first kappa shape index (κ1) is 30.1. The fraction of sp³-hybridized carbons (Fsp3) is 0.767. The predicted molar refractivity (Wildman–Crippen MR) is 148 cm³/mol. The molecule has 1 rings (SSSR count). The maximum atomic E-state index is 11.8. The third-order valence-corrected chi connectivity index (χ3v) is 7.29. The molecule has 0 aromatic heterocycles. The molecule has 0 aliphatic rings. The first-order valence-electron chi connectivity index (χ1n) is 13.4. The van der Waals surface area contributed by atoms with Crippen molar-refractivity contribution in [3.8, 4) is 5.75 Å². The van der Waals surface area contributed by atoms with Gasteiger partial charge in [-0.15, -0.1) is 0 Å². The van der Waals surface area contributed by atoms with Gasteiger partial charge in [0.05, 0.1) is 0 Å². The van der Waals surface area contributed by atoms with Crippen LogP contribution >= 0.6 is 11.8 Å². The molecule has 190 valence electrons. The van der Waals surface area contributed by atoms with Crippen LogP contribution in [0.4, 0.5) is 0 Å². The van der Waals surface area contributed by atoms with Crippen molar-refractivity contribution < 1.29 is 9.53 Å². The van der Waals surface area contributed by atoms with Gasteiger partial charge in [-0.1, -0.05) is 125 Å². The first-order valence-corrected chi connectivity index (χ1v) is 14.6. The van der Waals surface area contributed by atoms with Gasteiger partial charge in [-0.2, -0.15) is 11.8 Å². The largest absolute Gasteiger partial charge is 0.426 e. The molecule has 0 N–H and O–H groups in total. The highest BCUT2D eigenvalue weighted by Gasteiger charge is 2.28. The van der Waals surface area contributed by atoms with Crippen molar-refractivity contribution in [2.45, 2.75) is 143 Å². The van der Waals surface area contributed by atoms with E-state index in [1.807, 2.05) is 11.8 Å². The van der Waals surface area contributed by atoms with Crippen LogP contribution in [0.2, 0.25) is 0 Å². The lowest BCUT2D eigenvalue weighted by Crippen LogP contribution is -2.21. The Labute approximate surface area is 210 Å². The van der Waals surface area contributed by atoms with E-state index in [4.69, 9.17) is 4.74 Å². The Morgan fingerprint density at radius 2 is 1.18 bits per heavy atom. The minimum atomic E-state index is -0.246. The summed E-state index contributed by atoms with van der Waals surface area (Å²) in [6, 6.07) is 4.53. The Morgan fingerprint density at radius 3 is 1.58 bits per heavy atom. The van der Waals surface area contributed by atoms with Crippen LogP contribution in [0, 0.1) is 0 Å². The Morgan fingerprint density at radius 1 is 0.758 bits per heavy atom. The van der Waals surface area contributed by atoms with E-state index >= 15 is 0 Å². The molecule has 0 unspecified atom stereocenters. The van der Waals surface area contributed by atoms with Crippen molar-refractivity contribution in [1.82, 2.24) is 0 Å². The number of esters is 1. The maximum Gasteiger partial charge on any atom is 0.308 e. The summed E-state index contributed by atoms with van der Waals surface area (Å²) in [5, 5.41) is 0. The molecule has 0 aliphatic carbocycles. The van der Waals surface area contributed by atoms with E-state index in [1.54, 1.807) is 0 Å². The molecular formula is C30H52O2S. The van der Waals surface area contributed by atoms with Gasteiger partial charge >= 0.3 is 5.97 Å². The molecule has 0 heterocycles. The SMILES string of the molecule is CCCCCCCCCCCCCSCc1cc(C(C)(C)C)c(OC(C)=O)c(C(C)(C)C)c1. The standard InChI is InChI=1S/C30H52O2S/c1-9-10-11-12-13-14-15-16-17-18-19-20-33-23-25-21-26(29(3,4)5)28(32-24(2)31)27(22-25)30(6,7)8/h21-22H,9-20,23H2,1-8H3. The number of unbranched alkanes of at least 4 members (excludes halogenated alkanes) is 10. The second kappa shape index (κ2) is 15.1. The van der Waals surface area contributed by atoms with Crippen LogP contribution in [0.25, 0.3) is 0 Å². The molecule has 1 aromatic rings. The Balaban J connectivity index is 2.53. The molecule has 1 aromatic carbocycles. The molecule has 0 spiro atoms. The molecule has 0 fully saturated rings. The van der Waals surface area contributed by atoms with Crippen LogP contribution in [0.5, 0.6) is 5.75 Å². The van der Waals surface area contributed by atoms with E-state index in [1.165, 1.54) is 88.9 Å². The van der Waals surface area contributed by atoms with Crippen LogP contribution in [-0.2, 0) is 21.4 Å². The molecule has 0 saturated heterocycles. The summed E-state index contributed by atoms with van der Waals surface area (Å²) in [6.45, 7) is 17.0. The zero-order valence-electron chi connectivity index (χ0n) is 23.1. The van der Waals surface area contributed by atoms with Gasteiger partial charge in [0, 0.05) is 23.8 Å². The third-order valence-electron chi connectivity index (χ3n) is 6.17. The molecular weight excluding hydrogens is 424 g/mol. The van der Waals surface area contributed by atoms with Gasteiger partial charge in [0.2, 0.25) is 0 Å². The lowest BCUT2D eigenvalue weighted by Gasteiger charge is -2.30. The summed E-state index contributed by atoms with van der Waals surface area (Å²) in [5.74, 6) is 2.76. The fourth-order valence-corrected chi connectivity index (χ4v) is 5.15. The first-order chi connectivity index (χ1) is 15.5. The number of hydrogen-bond acceptors (Lipinski definition) is 3. The molecule has 0 bridgehead atoms. The summed E-state index contributed by atoms with van der Waals surface area (Å²) in [7, 11) is 0. The molecule has 0 atom stereocenters. The maximum absolute atomic E-state index is 11.8. The highest BCUT2D eigenvalue weighted by molar-refractivity contribution is 7.98. The number of rotatable bonds is 15. The number of ether oxygens (including phenoxy) is 1. The van der Waals surface area contributed by atoms with E-state index in [0.29, 0.717) is 0 Å². The van der Waals surface area contributed by atoms with E-state index in [-0.39, 0.29) is 16.8 Å². The van der Waals surface area contributed by atoms with Crippen molar-refractivity contribution in [3.63, 3.8) is 0 Å². The molecule has 0 aliphatic heterocycles. The van der Waals surface area contributed by atoms with Crippen molar-refractivity contribution in [1.29, 1.82) is 0 Å². The number of thioether (sulfide) groups is 1. The number of carbonyl (C=O) groups excluding carboxylic acids is 1. The molecule has 0 amide bonds. The van der Waals surface area contributed by atoms with Crippen molar-refractivity contribution in [3.05, 3.63) is 28.8 Å². The summed E-state index contributed by atoms with van der Waals surface area (Å²) < 4.78 is 5.76. The lowest BCUT2D eigenvalue weighted by atomic mass is 9.78. The Kier molecular flexibility index (Phi) is 13.8. The van der Waals surface area contributed by atoms with Gasteiger partial charge in [-0.25, -0.2) is 0 Å². The van der Waals surface area contributed by atoms with Gasteiger partial charge in [0.15, 0.2) is 0 Å². The van der Waals surface area contributed by atoms with Gasteiger partial charge in [0.1, 0.15) is 5.75 Å². The highest BCUT2D eigenvalue weighted by atomic mass is 32.2. The molecule has 2 nitrogen and oxygen atoms in total. The number of carbonyl (C=O) groups is 1. The Bertz CT molecular complexity index is 659. The van der Waals surface area contributed by atoms with Crippen LogP contribution in [0.15, 0.2) is 12.1 Å². The topological polar surface area (TPSA) is 26.3 Å². The van der Waals surface area contributed by atoms with Crippen LogP contribution in [-0.4, -0.2) is 11.7 Å². The van der Waals surface area contributed by atoms with E-state index in [0.717, 1.165) is 22.6 Å². The summed E-state index contributed by atoms with van der Waals surface area (Å²) >= 11 is 2.04. The molecule has 0 radical (unpaired) electrons. The summed E-state index contributed by atoms with van der Waals surface area (Å²) in [6.07, 6.45) is 15.3.